The molecule has 2 aromatic carbocycles. The number of hydrazine groups is 1. The summed E-state index contributed by atoms with van der Waals surface area (Å²) in [5.74, 6) is 5.72. The smallest absolute Gasteiger partial charge is 0.0720 e. The first kappa shape index (κ1) is 13.5. The molecule has 2 aromatic rings. The van der Waals surface area contributed by atoms with Gasteiger partial charge in [0.2, 0.25) is 0 Å². The lowest BCUT2D eigenvalue weighted by atomic mass is 9.98. The van der Waals surface area contributed by atoms with Crippen LogP contribution in [0, 0.1) is 3.57 Å². The van der Waals surface area contributed by atoms with Gasteiger partial charge in [-0.15, -0.1) is 0 Å². The lowest BCUT2D eigenvalue weighted by molar-refractivity contribution is 0.634. The molecule has 0 bridgehead atoms. The summed E-state index contributed by atoms with van der Waals surface area (Å²) in [4.78, 5) is 0. The van der Waals surface area contributed by atoms with Crippen molar-refractivity contribution in [3.05, 3.63) is 68.8 Å². The molecule has 0 aliphatic rings. The number of nitrogens with one attached hydrogen (secondary N) is 1. The van der Waals surface area contributed by atoms with Crippen molar-refractivity contribution < 1.29 is 0 Å². The molecule has 0 radical (unpaired) electrons. The largest absolute Gasteiger partial charge is 0.271 e. The third kappa shape index (κ3) is 2.91. The van der Waals surface area contributed by atoms with Gasteiger partial charge in [0, 0.05) is 3.57 Å². The molecular formula is C15H17IN2. The van der Waals surface area contributed by atoms with Crippen molar-refractivity contribution >= 4 is 22.6 Å². The van der Waals surface area contributed by atoms with E-state index in [4.69, 9.17) is 5.84 Å². The van der Waals surface area contributed by atoms with Crippen LogP contribution in [0.15, 0.2) is 48.5 Å². The molecule has 94 valence electrons. The van der Waals surface area contributed by atoms with Gasteiger partial charge in [0.05, 0.1) is 6.04 Å². The Morgan fingerprint density at radius 2 is 1.78 bits per heavy atom. The van der Waals surface area contributed by atoms with E-state index >= 15 is 0 Å². The standard InChI is InChI=1S/C15H17IN2/c1-2-11-7-9-12(10-8-11)15(18-17)13-5-3-4-6-14(13)16/h3-10,15,18H,2,17H2,1H3. The quantitative estimate of drug-likeness (QED) is 0.503. The van der Waals surface area contributed by atoms with E-state index in [0.29, 0.717) is 0 Å². The van der Waals surface area contributed by atoms with Gasteiger partial charge < -0.3 is 0 Å². The SMILES string of the molecule is CCc1ccc(C(NN)c2ccccc2I)cc1. The summed E-state index contributed by atoms with van der Waals surface area (Å²) in [7, 11) is 0. The van der Waals surface area contributed by atoms with Gasteiger partial charge in [0.25, 0.3) is 0 Å². The number of aryl methyl sites for hydroxylation is 1. The highest BCUT2D eigenvalue weighted by atomic mass is 127. The number of halogens is 1. The van der Waals surface area contributed by atoms with E-state index in [-0.39, 0.29) is 6.04 Å². The highest BCUT2D eigenvalue weighted by Crippen LogP contribution is 2.25. The lowest BCUT2D eigenvalue weighted by Crippen LogP contribution is -2.29. The Morgan fingerprint density at radius 3 is 2.33 bits per heavy atom. The third-order valence-electron chi connectivity index (χ3n) is 3.10. The lowest BCUT2D eigenvalue weighted by Gasteiger charge is -2.18. The molecule has 3 N–H and O–H groups in total. The van der Waals surface area contributed by atoms with Gasteiger partial charge >= 0.3 is 0 Å². The van der Waals surface area contributed by atoms with Crippen molar-refractivity contribution in [2.45, 2.75) is 19.4 Å². The maximum Gasteiger partial charge on any atom is 0.0720 e. The Kier molecular flexibility index (Phi) is 4.74. The molecule has 0 spiro atoms. The van der Waals surface area contributed by atoms with Gasteiger partial charge in [-0.2, -0.15) is 0 Å². The number of benzene rings is 2. The van der Waals surface area contributed by atoms with Crippen molar-refractivity contribution in [3.8, 4) is 0 Å². The van der Waals surface area contributed by atoms with Gasteiger partial charge in [-0.3, -0.25) is 5.84 Å². The summed E-state index contributed by atoms with van der Waals surface area (Å²) >= 11 is 2.34. The minimum atomic E-state index is 0.0454. The van der Waals surface area contributed by atoms with Crippen LogP contribution in [-0.4, -0.2) is 0 Å². The van der Waals surface area contributed by atoms with Crippen LogP contribution in [0.5, 0.6) is 0 Å². The van der Waals surface area contributed by atoms with Crippen LogP contribution in [0.2, 0.25) is 0 Å². The van der Waals surface area contributed by atoms with Crippen LogP contribution in [0.3, 0.4) is 0 Å². The first-order chi connectivity index (χ1) is 8.76. The minimum absolute atomic E-state index is 0.0454. The Balaban J connectivity index is 2.36. The van der Waals surface area contributed by atoms with E-state index in [1.807, 2.05) is 12.1 Å². The van der Waals surface area contributed by atoms with Crippen LogP contribution in [-0.2, 0) is 6.42 Å². The molecule has 0 saturated carbocycles. The van der Waals surface area contributed by atoms with Crippen molar-refractivity contribution in [2.24, 2.45) is 5.84 Å². The molecule has 0 aliphatic carbocycles. The molecular weight excluding hydrogens is 335 g/mol. The summed E-state index contributed by atoms with van der Waals surface area (Å²) < 4.78 is 1.22. The van der Waals surface area contributed by atoms with Gasteiger partial charge in [0.15, 0.2) is 0 Å². The van der Waals surface area contributed by atoms with Gasteiger partial charge in [-0.1, -0.05) is 49.4 Å². The number of hydrogen-bond acceptors (Lipinski definition) is 2. The van der Waals surface area contributed by atoms with Crippen LogP contribution >= 0.6 is 22.6 Å². The number of rotatable bonds is 4. The summed E-state index contributed by atoms with van der Waals surface area (Å²) in [6.45, 7) is 2.16. The average molecular weight is 352 g/mol. The van der Waals surface area contributed by atoms with E-state index in [2.05, 4.69) is 71.3 Å². The van der Waals surface area contributed by atoms with E-state index in [0.717, 1.165) is 6.42 Å². The summed E-state index contributed by atoms with van der Waals surface area (Å²) in [6, 6.07) is 17.0. The normalized spacial score (nSPS) is 12.4. The van der Waals surface area contributed by atoms with Crippen molar-refractivity contribution in [2.75, 3.05) is 0 Å². The molecule has 0 aromatic heterocycles. The fraction of sp³-hybridized carbons (Fsp3) is 0.200. The van der Waals surface area contributed by atoms with Crippen LogP contribution < -0.4 is 11.3 Å². The molecule has 0 amide bonds. The molecule has 1 atom stereocenters. The van der Waals surface area contributed by atoms with Crippen LogP contribution in [0.25, 0.3) is 0 Å². The van der Waals surface area contributed by atoms with Gasteiger partial charge in [-0.05, 0) is 51.8 Å². The maximum absolute atomic E-state index is 5.72. The second-order valence-corrected chi connectivity index (χ2v) is 5.38. The summed E-state index contributed by atoms with van der Waals surface area (Å²) in [5.41, 5.74) is 6.66. The molecule has 2 nitrogen and oxygen atoms in total. The molecule has 1 unspecified atom stereocenters. The Morgan fingerprint density at radius 1 is 1.11 bits per heavy atom. The zero-order chi connectivity index (χ0) is 13.0. The first-order valence-corrected chi connectivity index (χ1v) is 7.13. The molecule has 18 heavy (non-hydrogen) atoms. The van der Waals surface area contributed by atoms with E-state index < -0.39 is 0 Å². The molecule has 3 heteroatoms. The van der Waals surface area contributed by atoms with Crippen molar-refractivity contribution in [3.63, 3.8) is 0 Å². The van der Waals surface area contributed by atoms with Crippen molar-refractivity contribution in [1.29, 1.82) is 0 Å². The van der Waals surface area contributed by atoms with E-state index in [1.165, 1.54) is 20.3 Å². The van der Waals surface area contributed by atoms with Gasteiger partial charge in [-0.25, -0.2) is 5.43 Å². The molecule has 0 aliphatic heterocycles. The Labute approximate surface area is 122 Å². The van der Waals surface area contributed by atoms with E-state index in [9.17, 15) is 0 Å². The number of nitrogens with two attached hydrogens (primary N) is 1. The average Bonchev–Trinajstić information content (AvgIpc) is 2.42. The molecule has 0 fully saturated rings. The van der Waals surface area contributed by atoms with Gasteiger partial charge in [0.1, 0.15) is 0 Å². The molecule has 0 heterocycles. The molecule has 0 saturated heterocycles. The number of hydrogen-bond donors (Lipinski definition) is 2. The van der Waals surface area contributed by atoms with Crippen molar-refractivity contribution in [1.82, 2.24) is 5.43 Å². The van der Waals surface area contributed by atoms with Crippen LogP contribution in [0.4, 0.5) is 0 Å². The molecule has 2 rings (SSSR count). The minimum Gasteiger partial charge on any atom is -0.271 e. The second kappa shape index (κ2) is 6.31. The van der Waals surface area contributed by atoms with E-state index in [1.54, 1.807) is 0 Å². The zero-order valence-electron chi connectivity index (χ0n) is 10.4. The second-order valence-electron chi connectivity index (χ2n) is 4.22. The predicted molar refractivity (Wildman–Crippen MR) is 84.1 cm³/mol. The topological polar surface area (TPSA) is 38.0 Å². The predicted octanol–water partition coefficient (Wildman–Crippen LogP) is 3.41. The fourth-order valence-electron chi connectivity index (χ4n) is 2.02. The fourth-order valence-corrected chi connectivity index (χ4v) is 2.72. The first-order valence-electron chi connectivity index (χ1n) is 6.05. The summed E-state index contributed by atoms with van der Waals surface area (Å²) in [6.07, 6.45) is 1.06. The monoisotopic (exact) mass is 352 g/mol. The zero-order valence-corrected chi connectivity index (χ0v) is 12.5. The third-order valence-corrected chi connectivity index (χ3v) is 4.09. The Bertz CT molecular complexity index is 508. The maximum atomic E-state index is 5.72. The van der Waals surface area contributed by atoms with Crippen LogP contribution in [0.1, 0.15) is 29.7 Å². The summed E-state index contributed by atoms with van der Waals surface area (Å²) in [5, 5.41) is 0. The highest BCUT2D eigenvalue weighted by molar-refractivity contribution is 14.1. The highest BCUT2D eigenvalue weighted by Gasteiger charge is 2.14. The Hall–Kier alpha value is -0.910.